The number of hydrogen-bond acceptors (Lipinski definition) is 4. The third-order valence-corrected chi connectivity index (χ3v) is 6.96. The van der Waals surface area contributed by atoms with Crippen molar-refractivity contribution in [2.24, 2.45) is 23.7 Å². The summed E-state index contributed by atoms with van der Waals surface area (Å²) in [6, 6.07) is 16.4. The van der Waals surface area contributed by atoms with Gasteiger partial charge in [0.1, 0.15) is 6.61 Å². The van der Waals surface area contributed by atoms with Gasteiger partial charge in [0.05, 0.1) is 5.92 Å². The molecular formula is C28H34N2O5. The fourth-order valence-corrected chi connectivity index (χ4v) is 5.14. The number of amides is 2. The average Bonchev–Trinajstić information content (AvgIpc) is 3.55. The fraction of sp³-hybridized carbons (Fsp3) is 0.464. The lowest BCUT2D eigenvalue weighted by atomic mass is 9.93. The van der Waals surface area contributed by atoms with Crippen LogP contribution in [0.15, 0.2) is 48.5 Å². The molecule has 7 heteroatoms. The van der Waals surface area contributed by atoms with Gasteiger partial charge >= 0.3 is 12.1 Å². The van der Waals surface area contributed by atoms with Crippen LogP contribution in [-0.2, 0) is 14.3 Å². The Morgan fingerprint density at radius 1 is 1.00 bits per heavy atom. The number of fused-ring (bicyclic) bond motifs is 3. The van der Waals surface area contributed by atoms with Crippen molar-refractivity contribution in [1.82, 2.24) is 10.6 Å². The summed E-state index contributed by atoms with van der Waals surface area (Å²) in [4.78, 5) is 35.9. The van der Waals surface area contributed by atoms with Gasteiger partial charge < -0.3 is 20.5 Å². The van der Waals surface area contributed by atoms with E-state index in [0.29, 0.717) is 25.4 Å². The Labute approximate surface area is 206 Å². The van der Waals surface area contributed by atoms with E-state index in [2.05, 4.69) is 48.7 Å². The highest BCUT2D eigenvalue weighted by Crippen LogP contribution is 2.44. The number of rotatable bonds is 11. The molecule has 0 heterocycles. The Morgan fingerprint density at radius 3 is 2.20 bits per heavy atom. The lowest BCUT2D eigenvalue weighted by molar-refractivity contribution is -0.139. The molecule has 2 amide bonds. The van der Waals surface area contributed by atoms with Crippen molar-refractivity contribution in [3.05, 3.63) is 59.7 Å². The second kappa shape index (κ2) is 10.9. The Bertz CT molecular complexity index is 1040. The van der Waals surface area contributed by atoms with Gasteiger partial charge in [-0.1, -0.05) is 62.4 Å². The zero-order valence-electron chi connectivity index (χ0n) is 20.3. The summed E-state index contributed by atoms with van der Waals surface area (Å²) in [6.45, 7) is 5.16. The number of carboxylic acid groups (broad SMARTS) is 1. The first-order chi connectivity index (χ1) is 16.8. The first kappa shape index (κ1) is 24.8. The van der Waals surface area contributed by atoms with Crippen molar-refractivity contribution >= 4 is 18.0 Å². The quantitative estimate of drug-likeness (QED) is 0.444. The molecule has 0 bridgehead atoms. The number of carbonyl (C=O) groups excluding carboxylic acids is 2. The summed E-state index contributed by atoms with van der Waals surface area (Å²) < 4.78 is 5.62. The minimum absolute atomic E-state index is 0.00226. The lowest BCUT2D eigenvalue weighted by Crippen LogP contribution is -2.35. The SMILES string of the molecule is CC(C)CC(CNC(=O)OCC1c2ccccc2-c2ccccc21)CC(=O)NC[C@@H]1C[C@@H]1C(=O)O. The van der Waals surface area contributed by atoms with Crippen LogP contribution in [-0.4, -0.2) is 42.8 Å². The van der Waals surface area contributed by atoms with Crippen LogP contribution in [0.3, 0.4) is 0 Å². The van der Waals surface area contributed by atoms with E-state index in [9.17, 15) is 14.4 Å². The van der Waals surface area contributed by atoms with E-state index >= 15 is 0 Å². The number of nitrogens with one attached hydrogen (secondary N) is 2. The van der Waals surface area contributed by atoms with Crippen LogP contribution in [0.2, 0.25) is 0 Å². The van der Waals surface area contributed by atoms with Crippen LogP contribution in [0.5, 0.6) is 0 Å². The molecule has 2 aromatic carbocycles. The van der Waals surface area contributed by atoms with E-state index in [1.165, 1.54) is 11.1 Å². The number of alkyl carbamates (subject to hydrolysis) is 1. The molecule has 0 aromatic heterocycles. The lowest BCUT2D eigenvalue weighted by Gasteiger charge is -2.20. The van der Waals surface area contributed by atoms with Crippen molar-refractivity contribution in [3.63, 3.8) is 0 Å². The van der Waals surface area contributed by atoms with E-state index < -0.39 is 12.1 Å². The van der Waals surface area contributed by atoms with E-state index in [0.717, 1.165) is 17.5 Å². The van der Waals surface area contributed by atoms with Gasteiger partial charge in [-0.2, -0.15) is 0 Å². The highest BCUT2D eigenvalue weighted by Gasteiger charge is 2.43. The largest absolute Gasteiger partial charge is 0.481 e. The van der Waals surface area contributed by atoms with E-state index in [4.69, 9.17) is 9.84 Å². The summed E-state index contributed by atoms with van der Waals surface area (Å²) in [7, 11) is 0. The molecule has 0 saturated heterocycles. The van der Waals surface area contributed by atoms with Crippen molar-refractivity contribution < 1.29 is 24.2 Å². The molecule has 3 atom stereocenters. The highest BCUT2D eigenvalue weighted by molar-refractivity contribution is 5.79. The molecule has 2 aliphatic rings. The van der Waals surface area contributed by atoms with Crippen molar-refractivity contribution in [2.75, 3.05) is 19.7 Å². The maximum absolute atomic E-state index is 12.5. The molecule has 1 unspecified atom stereocenters. The zero-order chi connectivity index (χ0) is 24.9. The van der Waals surface area contributed by atoms with Gasteiger partial charge in [0.25, 0.3) is 0 Å². The molecule has 35 heavy (non-hydrogen) atoms. The summed E-state index contributed by atoms with van der Waals surface area (Å²) in [6.07, 6.45) is 1.21. The van der Waals surface area contributed by atoms with Crippen LogP contribution in [0.4, 0.5) is 4.79 Å². The van der Waals surface area contributed by atoms with Crippen LogP contribution in [0.1, 0.15) is 50.2 Å². The maximum Gasteiger partial charge on any atom is 0.407 e. The highest BCUT2D eigenvalue weighted by atomic mass is 16.5. The number of hydrogen-bond donors (Lipinski definition) is 3. The average molecular weight is 479 g/mol. The monoisotopic (exact) mass is 478 g/mol. The second-order valence-corrected chi connectivity index (χ2v) is 10.2. The van der Waals surface area contributed by atoms with Gasteiger partial charge in [-0.25, -0.2) is 4.79 Å². The van der Waals surface area contributed by atoms with Crippen molar-refractivity contribution in [3.8, 4) is 11.1 Å². The predicted octanol–water partition coefficient (Wildman–Crippen LogP) is 4.41. The van der Waals surface area contributed by atoms with Gasteiger partial charge in [0, 0.05) is 25.4 Å². The minimum Gasteiger partial charge on any atom is -0.481 e. The van der Waals surface area contributed by atoms with E-state index in [1.54, 1.807) is 0 Å². The van der Waals surface area contributed by atoms with E-state index in [1.807, 2.05) is 24.3 Å². The van der Waals surface area contributed by atoms with Gasteiger partial charge in [-0.15, -0.1) is 0 Å². The van der Waals surface area contributed by atoms with Crippen molar-refractivity contribution in [1.29, 1.82) is 0 Å². The summed E-state index contributed by atoms with van der Waals surface area (Å²) in [5, 5.41) is 14.7. The van der Waals surface area contributed by atoms with E-state index in [-0.39, 0.29) is 42.6 Å². The van der Waals surface area contributed by atoms with Gasteiger partial charge in [-0.3, -0.25) is 9.59 Å². The number of ether oxygens (including phenoxy) is 1. The molecular weight excluding hydrogens is 444 g/mol. The zero-order valence-corrected chi connectivity index (χ0v) is 20.3. The Kier molecular flexibility index (Phi) is 7.73. The first-order valence-electron chi connectivity index (χ1n) is 12.4. The number of carboxylic acids is 1. The Balaban J connectivity index is 1.26. The van der Waals surface area contributed by atoms with Crippen LogP contribution >= 0.6 is 0 Å². The topological polar surface area (TPSA) is 105 Å². The fourth-order valence-electron chi connectivity index (χ4n) is 5.14. The van der Waals surface area contributed by atoms with Crippen LogP contribution < -0.4 is 10.6 Å². The van der Waals surface area contributed by atoms with Crippen LogP contribution in [0, 0.1) is 23.7 Å². The molecule has 0 radical (unpaired) electrons. The summed E-state index contributed by atoms with van der Waals surface area (Å²) >= 11 is 0. The third-order valence-electron chi connectivity index (χ3n) is 6.96. The Morgan fingerprint density at radius 2 is 1.63 bits per heavy atom. The first-order valence-corrected chi connectivity index (χ1v) is 12.4. The summed E-state index contributed by atoms with van der Waals surface area (Å²) in [5.41, 5.74) is 4.69. The maximum atomic E-state index is 12.5. The minimum atomic E-state index is -0.797. The molecule has 1 fully saturated rings. The smallest absolute Gasteiger partial charge is 0.407 e. The Hall–Kier alpha value is -3.35. The standard InChI is InChI=1S/C28H34N2O5/c1-17(2)11-18(12-26(31)29-15-19-13-24(19)27(32)33)14-30-28(34)35-16-25-22-9-5-3-7-20(22)21-8-4-6-10-23(21)25/h3-10,17-19,24-25H,11-16H2,1-2H3,(H,29,31)(H,30,34)(H,32,33)/t18?,19-,24-/m0/s1. The van der Waals surface area contributed by atoms with Gasteiger partial charge in [0.15, 0.2) is 0 Å². The summed E-state index contributed by atoms with van der Waals surface area (Å²) in [5.74, 6) is -0.865. The number of aliphatic carboxylic acids is 1. The predicted molar refractivity (Wildman–Crippen MR) is 133 cm³/mol. The molecule has 7 nitrogen and oxygen atoms in total. The van der Waals surface area contributed by atoms with Gasteiger partial charge in [-0.05, 0) is 52.8 Å². The second-order valence-electron chi connectivity index (χ2n) is 10.2. The molecule has 0 aliphatic heterocycles. The molecule has 0 spiro atoms. The molecule has 2 aromatic rings. The number of carbonyl (C=O) groups is 3. The van der Waals surface area contributed by atoms with Gasteiger partial charge in [0.2, 0.25) is 5.91 Å². The van der Waals surface area contributed by atoms with Crippen LogP contribution in [0.25, 0.3) is 11.1 Å². The molecule has 1 saturated carbocycles. The normalized spacial score (nSPS) is 18.9. The third kappa shape index (κ3) is 6.21. The van der Waals surface area contributed by atoms with Crippen molar-refractivity contribution in [2.45, 2.75) is 39.0 Å². The number of benzene rings is 2. The molecule has 4 rings (SSSR count). The molecule has 186 valence electrons. The molecule has 3 N–H and O–H groups in total. The molecule has 2 aliphatic carbocycles.